The first-order valence-electron chi connectivity index (χ1n) is 8.75. The topological polar surface area (TPSA) is 59.8 Å². The van der Waals surface area contributed by atoms with Gasteiger partial charge in [0.1, 0.15) is 0 Å². The summed E-state index contributed by atoms with van der Waals surface area (Å²) in [5.74, 6) is -0.113. The summed E-state index contributed by atoms with van der Waals surface area (Å²) in [5.41, 5.74) is 5.19. The number of hydrogen-bond donors (Lipinski definition) is 1. The maximum atomic E-state index is 13.0. The van der Waals surface area contributed by atoms with E-state index in [2.05, 4.69) is 16.5 Å². The summed E-state index contributed by atoms with van der Waals surface area (Å²) in [5, 5.41) is 10.3. The quantitative estimate of drug-likeness (QED) is 0.579. The molecule has 0 spiro atoms. The fraction of sp³-hybridized carbons (Fsp3) is 0.190. The van der Waals surface area contributed by atoms with E-state index in [1.807, 2.05) is 62.7 Å². The van der Waals surface area contributed by atoms with Crippen molar-refractivity contribution in [2.24, 2.45) is 7.05 Å². The van der Waals surface area contributed by atoms with Crippen molar-refractivity contribution < 1.29 is 4.79 Å². The number of hydrogen-bond acceptors (Lipinski definition) is 4. The summed E-state index contributed by atoms with van der Waals surface area (Å²) < 4.78 is 1.74. The number of fused-ring (bicyclic) bond motifs is 1. The number of thiophene rings is 1. The van der Waals surface area contributed by atoms with Crippen LogP contribution in [0.25, 0.3) is 21.6 Å². The average Bonchev–Trinajstić information content (AvgIpc) is 3.28. The van der Waals surface area contributed by atoms with Gasteiger partial charge in [0.05, 0.1) is 27.2 Å². The van der Waals surface area contributed by atoms with Crippen molar-refractivity contribution in [3.8, 4) is 10.6 Å². The van der Waals surface area contributed by atoms with Gasteiger partial charge in [0.15, 0.2) is 5.65 Å². The van der Waals surface area contributed by atoms with Crippen LogP contribution in [-0.2, 0) is 13.6 Å². The first-order chi connectivity index (χ1) is 13.0. The molecule has 0 radical (unpaired) electrons. The number of aromatic nitrogens is 3. The van der Waals surface area contributed by atoms with Gasteiger partial charge in [-0.3, -0.25) is 9.48 Å². The van der Waals surface area contributed by atoms with Crippen molar-refractivity contribution in [2.45, 2.75) is 20.4 Å². The first-order valence-corrected chi connectivity index (χ1v) is 9.63. The van der Waals surface area contributed by atoms with Gasteiger partial charge in [0.25, 0.3) is 5.91 Å². The molecule has 0 bridgehead atoms. The lowest BCUT2D eigenvalue weighted by atomic mass is 10.1. The van der Waals surface area contributed by atoms with Crippen LogP contribution in [0.5, 0.6) is 0 Å². The summed E-state index contributed by atoms with van der Waals surface area (Å²) in [6.45, 7) is 4.44. The molecule has 27 heavy (non-hydrogen) atoms. The SMILES string of the molecule is Cc1cccc(CNC(=O)c2cc(-c3cccs3)nc3c2c(C)nn3C)c1. The van der Waals surface area contributed by atoms with Gasteiger partial charge in [-0.15, -0.1) is 11.3 Å². The van der Waals surface area contributed by atoms with Gasteiger partial charge in [0.2, 0.25) is 0 Å². The van der Waals surface area contributed by atoms with Crippen LogP contribution < -0.4 is 5.32 Å². The molecule has 3 aromatic heterocycles. The number of pyridine rings is 1. The van der Waals surface area contributed by atoms with Crippen LogP contribution in [-0.4, -0.2) is 20.7 Å². The highest BCUT2D eigenvalue weighted by atomic mass is 32.1. The molecule has 5 nitrogen and oxygen atoms in total. The maximum Gasteiger partial charge on any atom is 0.252 e. The summed E-state index contributed by atoms with van der Waals surface area (Å²) >= 11 is 1.61. The van der Waals surface area contributed by atoms with Crippen LogP contribution in [0.15, 0.2) is 47.8 Å². The van der Waals surface area contributed by atoms with Crippen LogP contribution in [0.2, 0.25) is 0 Å². The zero-order valence-electron chi connectivity index (χ0n) is 15.5. The Morgan fingerprint density at radius 1 is 1.19 bits per heavy atom. The number of amides is 1. The Morgan fingerprint density at radius 3 is 2.78 bits per heavy atom. The first kappa shape index (κ1) is 17.4. The van der Waals surface area contributed by atoms with E-state index in [9.17, 15) is 4.79 Å². The second-order valence-electron chi connectivity index (χ2n) is 6.61. The highest BCUT2D eigenvalue weighted by Gasteiger charge is 2.19. The van der Waals surface area contributed by atoms with Crippen molar-refractivity contribution in [2.75, 3.05) is 0 Å². The third kappa shape index (κ3) is 3.36. The lowest BCUT2D eigenvalue weighted by molar-refractivity contribution is 0.0952. The Balaban J connectivity index is 1.74. The van der Waals surface area contributed by atoms with E-state index in [-0.39, 0.29) is 5.91 Å². The molecule has 0 fully saturated rings. The number of carbonyl (C=O) groups excluding carboxylic acids is 1. The van der Waals surface area contributed by atoms with E-state index < -0.39 is 0 Å². The van der Waals surface area contributed by atoms with Gasteiger partial charge in [-0.25, -0.2) is 4.98 Å². The Hall–Kier alpha value is -2.99. The van der Waals surface area contributed by atoms with E-state index in [0.29, 0.717) is 12.1 Å². The second kappa shape index (κ2) is 6.96. The molecule has 0 aliphatic rings. The smallest absolute Gasteiger partial charge is 0.252 e. The standard InChI is InChI=1S/C21H20N4OS/c1-13-6-4-7-15(10-13)12-22-21(26)16-11-17(18-8-5-9-27-18)23-20-19(16)14(2)24-25(20)3/h4-11H,12H2,1-3H3,(H,22,26). The van der Waals surface area contributed by atoms with Crippen molar-refractivity contribution in [1.29, 1.82) is 0 Å². The Kier molecular flexibility index (Phi) is 4.49. The second-order valence-corrected chi connectivity index (χ2v) is 7.56. The number of aryl methyl sites for hydroxylation is 3. The molecule has 0 aliphatic heterocycles. The van der Waals surface area contributed by atoms with E-state index in [1.54, 1.807) is 16.0 Å². The molecule has 0 atom stereocenters. The van der Waals surface area contributed by atoms with Crippen molar-refractivity contribution in [3.05, 3.63) is 70.2 Å². The number of nitrogens with one attached hydrogen (secondary N) is 1. The molecule has 1 aromatic carbocycles. The average molecular weight is 376 g/mol. The minimum Gasteiger partial charge on any atom is -0.348 e. The number of nitrogens with zero attached hydrogens (tertiary/aromatic N) is 3. The van der Waals surface area contributed by atoms with E-state index >= 15 is 0 Å². The normalized spacial score (nSPS) is 11.1. The molecule has 0 saturated heterocycles. The van der Waals surface area contributed by atoms with E-state index in [1.165, 1.54) is 5.56 Å². The Labute approximate surface area is 161 Å². The molecule has 1 N–H and O–H groups in total. The van der Waals surface area contributed by atoms with Crippen molar-refractivity contribution in [3.63, 3.8) is 0 Å². The van der Waals surface area contributed by atoms with E-state index in [0.717, 1.165) is 32.9 Å². The molecular weight excluding hydrogens is 356 g/mol. The minimum absolute atomic E-state index is 0.113. The zero-order chi connectivity index (χ0) is 19.0. The van der Waals surface area contributed by atoms with Gasteiger partial charge in [-0.2, -0.15) is 5.10 Å². The minimum atomic E-state index is -0.113. The van der Waals surface area contributed by atoms with Gasteiger partial charge in [0, 0.05) is 13.6 Å². The van der Waals surface area contributed by atoms with Crippen LogP contribution in [0.3, 0.4) is 0 Å². The molecule has 1 amide bonds. The predicted octanol–water partition coefficient (Wildman–Crippen LogP) is 4.24. The largest absolute Gasteiger partial charge is 0.348 e. The van der Waals surface area contributed by atoms with Gasteiger partial charge in [-0.1, -0.05) is 35.9 Å². The monoisotopic (exact) mass is 376 g/mol. The molecule has 3 heterocycles. The van der Waals surface area contributed by atoms with Crippen LogP contribution in [0.1, 0.15) is 27.2 Å². The molecule has 0 unspecified atom stereocenters. The number of rotatable bonds is 4. The molecule has 0 saturated carbocycles. The summed E-state index contributed by atoms with van der Waals surface area (Å²) in [7, 11) is 1.86. The predicted molar refractivity (Wildman–Crippen MR) is 109 cm³/mol. The molecule has 136 valence electrons. The van der Waals surface area contributed by atoms with Gasteiger partial charge < -0.3 is 5.32 Å². The summed E-state index contributed by atoms with van der Waals surface area (Å²) in [6.07, 6.45) is 0. The molecule has 4 rings (SSSR count). The zero-order valence-corrected chi connectivity index (χ0v) is 16.3. The van der Waals surface area contributed by atoms with Crippen molar-refractivity contribution in [1.82, 2.24) is 20.1 Å². The molecular formula is C21H20N4OS. The maximum absolute atomic E-state index is 13.0. The van der Waals surface area contributed by atoms with Crippen LogP contribution in [0, 0.1) is 13.8 Å². The third-order valence-electron chi connectivity index (χ3n) is 4.52. The summed E-state index contributed by atoms with van der Waals surface area (Å²) in [6, 6.07) is 14.0. The third-order valence-corrected chi connectivity index (χ3v) is 5.41. The molecule has 6 heteroatoms. The lowest BCUT2D eigenvalue weighted by Gasteiger charge is -2.09. The van der Waals surface area contributed by atoms with Crippen LogP contribution >= 0.6 is 11.3 Å². The highest BCUT2D eigenvalue weighted by molar-refractivity contribution is 7.13. The molecule has 0 aliphatic carbocycles. The lowest BCUT2D eigenvalue weighted by Crippen LogP contribution is -2.23. The number of benzene rings is 1. The number of carbonyl (C=O) groups is 1. The van der Waals surface area contributed by atoms with Gasteiger partial charge in [-0.05, 0) is 36.9 Å². The van der Waals surface area contributed by atoms with Crippen LogP contribution in [0.4, 0.5) is 0 Å². The van der Waals surface area contributed by atoms with Crippen molar-refractivity contribution >= 4 is 28.3 Å². The molecule has 4 aromatic rings. The van der Waals surface area contributed by atoms with Gasteiger partial charge >= 0.3 is 0 Å². The fourth-order valence-corrected chi connectivity index (χ4v) is 3.96. The highest BCUT2D eigenvalue weighted by Crippen LogP contribution is 2.29. The Bertz CT molecular complexity index is 1130. The fourth-order valence-electron chi connectivity index (χ4n) is 3.27. The summed E-state index contributed by atoms with van der Waals surface area (Å²) in [4.78, 5) is 18.8. The van der Waals surface area contributed by atoms with E-state index in [4.69, 9.17) is 4.98 Å². The Morgan fingerprint density at radius 2 is 2.04 bits per heavy atom.